The van der Waals surface area contributed by atoms with Crippen LogP contribution in [0.25, 0.3) is 0 Å². The van der Waals surface area contributed by atoms with Crippen molar-refractivity contribution in [2.75, 3.05) is 13.7 Å². The summed E-state index contributed by atoms with van der Waals surface area (Å²) in [5.41, 5.74) is 2.60. The molecule has 112 valence electrons. The average molecular weight is 288 g/mol. The molecule has 21 heavy (non-hydrogen) atoms. The van der Waals surface area contributed by atoms with Crippen LogP contribution in [0.1, 0.15) is 36.1 Å². The number of pyridine rings is 1. The molecule has 4 heteroatoms. The number of nitrogens with one attached hydrogen (secondary N) is 1. The molecule has 0 spiro atoms. The van der Waals surface area contributed by atoms with Crippen LogP contribution in [0.4, 0.5) is 4.39 Å². The Balaban J connectivity index is 2.44. The largest absolute Gasteiger partial charge is 0.481 e. The van der Waals surface area contributed by atoms with E-state index in [2.05, 4.69) is 17.2 Å². The molecule has 3 nitrogen and oxygen atoms in total. The van der Waals surface area contributed by atoms with Gasteiger partial charge in [-0.1, -0.05) is 25.1 Å². The summed E-state index contributed by atoms with van der Waals surface area (Å²) in [6.45, 7) is 4.75. The normalized spacial score (nSPS) is 12.2. The van der Waals surface area contributed by atoms with E-state index < -0.39 is 0 Å². The summed E-state index contributed by atoms with van der Waals surface area (Å²) in [6.07, 6.45) is 2.72. The van der Waals surface area contributed by atoms with Gasteiger partial charge < -0.3 is 10.1 Å². The van der Waals surface area contributed by atoms with Gasteiger partial charge in [0.15, 0.2) is 0 Å². The summed E-state index contributed by atoms with van der Waals surface area (Å²) in [5.74, 6) is 0.402. The van der Waals surface area contributed by atoms with Gasteiger partial charge in [0, 0.05) is 11.8 Å². The molecule has 0 amide bonds. The van der Waals surface area contributed by atoms with Crippen LogP contribution in [0.2, 0.25) is 0 Å². The van der Waals surface area contributed by atoms with Gasteiger partial charge in [0.25, 0.3) is 0 Å². The maximum absolute atomic E-state index is 13.5. The molecular formula is C17H21FN2O. The van der Waals surface area contributed by atoms with E-state index in [1.807, 2.05) is 24.3 Å². The lowest BCUT2D eigenvalue weighted by Gasteiger charge is -2.21. The van der Waals surface area contributed by atoms with Crippen molar-refractivity contribution in [1.82, 2.24) is 10.3 Å². The second-order valence-corrected chi connectivity index (χ2v) is 5.00. The molecule has 0 fully saturated rings. The van der Waals surface area contributed by atoms with E-state index in [0.29, 0.717) is 11.4 Å². The maximum Gasteiger partial charge on any atom is 0.218 e. The zero-order valence-electron chi connectivity index (χ0n) is 12.7. The van der Waals surface area contributed by atoms with E-state index in [1.54, 1.807) is 20.2 Å². The number of hydrogen-bond donors (Lipinski definition) is 1. The quantitative estimate of drug-likeness (QED) is 0.881. The van der Waals surface area contributed by atoms with E-state index in [9.17, 15) is 4.39 Å². The Labute approximate surface area is 125 Å². The maximum atomic E-state index is 13.5. The Morgan fingerprint density at radius 2 is 2.14 bits per heavy atom. The summed E-state index contributed by atoms with van der Waals surface area (Å²) >= 11 is 0. The lowest BCUT2D eigenvalue weighted by Crippen LogP contribution is -2.24. The molecule has 1 heterocycles. The van der Waals surface area contributed by atoms with Crippen LogP contribution in [-0.4, -0.2) is 18.6 Å². The molecule has 1 aromatic carbocycles. The Morgan fingerprint density at radius 1 is 1.33 bits per heavy atom. The Morgan fingerprint density at radius 3 is 2.81 bits per heavy atom. The summed E-state index contributed by atoms with van der Waals surface area (Å²) < 4.78 is 18.9. The molecule has 0 aliphatic heterocycles. The fraction of sp³-hybridized carbons (Fsp3) is 0.353. The number of nitrogens with zero attached hydrogens (tertiary/aromatic N) is 1. The molecule has 0 aliphatic rings. The number of ether oxygens (including phenoxy) is 1. The van der Waals surface area contributed by atoms with Crippen LogP contribution in [0.3, 0.4) is 0 Å². The van der Waals surface area contributed by atoms with E-state index in [1.165, 1.54) is 6.07 Å². The van der Waals surface area contributed by atoms with Crippen LogP contribution in [0, 0.1) is 12.7 Å². The smallest absolute Gasteiger partial charge is 0.218 e. The highest BCUT2D eigenvalue weighted by Crippen LogP contribution is 2.29. The van der Waals surface area contributed by atoms with Crippen LogP contribution >= 0.6 is 0 Å². The monoisotopic (exact) mass is 288 g/mol. The van der Waals surface area contributed by atoms with E-state index in [-0.39, 0.29) is 11.9 Å². The molecular weight excluding hydrogens is 267 g/mol. The third-order valence-corrected chi connectivity index (χ3v) is 3.42. The van der Waals surface area contributed by atoms with E-state index >= 15 is 0 Å². The zero-order valence-corrected chi connectivity index (χ0v) is 12.7. The van der Waals surface area contributed by atoms with Gasteiger partial charge in [-0.05, 0) is 43.1 Å². The first-order chi connectivity index (χ1) is 10.2. The summed E-state index contributed by atoms with van der Waals surface area (Å²) in [5, 5.41) is 3.48. The molecule has 1 aromatic heterocycles. The predicted molar refractivity (Wildman–Crippen MR) is 82.1 cm³/mol. The van der Waals surface area contributed by atoms with Crippen molar-refractivity contribution in [3.8, 4) is 5.88 Å². The van der Waals surface area contributed by atoms with Crippen molar-refractivity contribution in [2.45, 2.75) is 26.3 Å². The van der Waals surface area contributed by atoms with Gasteiger partial charge in [-0.2, -0.15) is 0 Å². The standard InChI is InChI=1S/C17H21FN2O/c1-4-9-19-16(13-7-8-15(18)12(2)11-13)14-6-5-10-20-17(14)21-3/h5-8,10-11,16,19H,4,9H2,1-3H3. The molecule has 1 atom stereocenters. The Hall–Kier alpha value is -1.94. The van der Waals surface area contributed by atoms with Crippen LogP contribution in [0.5, 0.6) is 5.88 Å². The SMILES string of the molecule is CCCNC(c1ccc(F)c(C)c1)c1cccnc1OC. The van der Waals surface area contributed by atoms with Crippen molar-refractivity contribution < 1.29 is 9.13 Å². The van der Waals surface area contributed by atoms with Crippen molar-refractivity contribution in [1.29, 1.82) is 0 Å². The van der Waals surface area contributed by atoms with Crippen LogP contribution < -0.4 is 10.1 Å². The van der Waals surface area contributed by atoms with Gasteiger partial charge in [0.05, 0.1) is 13.2 Å². The number of methoxy groups -OCH3 is 1. The number of benzene rings is 1. The van der Waals surface area contributed by atoms with Gasteiger partial charge in [0.1, 0.15) is 5.82 Å². The van der Waals surface area contributed by atoms with E-state index in [0.717, 1.165) is 24.1 Å². The minimum absolute atomic E-state index is 0.0621. The first kappa shape index (κ1) is 15.4. The molecule has 0 aliphatic carbocycles. The molecule has 0 saturated carbocycles. The Kier molecular flexibility index (Phi) is 5.28. The molecule has 0 bridgehead atoms. The highest BCUT2D eigenvalue weighted by molar-refractivity contribution is 5.39. The third kappa shape index (κ3) is 3.58. The number of rotatable bonds is 6. The summed E-state index contributed by atoms with van der Waals surface area (Å²) in [7, 11) is 1.61. The minimum Gasteiger partial charge on any atom is -0.481 e. The number of hydrogen-bond acceptors (Lipinski definition) is 3. The van der Waals surface area contributed by atoms with Crippen LogP contribution in [-0.2, 0) is 0 Å². The average Bonchev–Trinajstić information content (AvgIpc) is 2.51. The van der Waals surface area contributed by atoms with Gasteiger partial charge in [-0.15, -0.1) is 0 Å². The fourth-order valence-electron chi connectivity index (χ4n) is 2.34. The van der Waals surface area contributed by atoms with Crippen molar-refractivity contribution in [3.05, 3.63) is 59.0 Å². The first-order valence-electron chi connectivity index (χ1n) is 7.15. The summed E-state index contributed by atoms with van der Waals surface area (Å²) in [4.78, 5) is 4.26. The minimum atomic E-state index is -0.189. The topological polar surface area (TPSA) is 34.2 Å². The second-order valence-electron chi connectivity index (χ2n) is 5.00. The Bertz CT molecular complexity index is 601. The van der Waals surface area contributed by atoms with Crippen molar-refractivity contribution in [2.24, 2.45) is 0 Å². The number of aromatic nitrogens is 1. The summed E-state index contributed by atoms with van der Waals surface area (Å²) in [6, 6.07) is 8.99. The van der Waals surface area contributed by atoms with Crippen LogP contribution in [0.15, 0.2) is 36.5 Å². The third-order valence-electron chi connectivity index (χ3n) is 3.42. The molecule has 2 rings (SSSR count). The van der Waals surface area contributed by atoms with Crippen molar-refractivity contribution >= 4 is 0 Å². The predicted octanol–water partition coefficient (Wildman–Crippen LogP) is 3.63. The fourth-order valence-corrected chi connectivity index (χ4v) is 2.34. The first-order valence-corrected chi connectivity index (χ1v) is 7.15. The highest BCUT2D eigenvalue weighted by atomic mass is 19.1. The zero-order chi connectivity index (χ0) is 15.2. The van der Waals surface area contributed by atoms with Gasteiger partial charge in [-0.25, -0.2) is 9.37 Å². The lowest BCUT2D eigenvalue weighted by molar-refractivity contribution is 0.387. The highest BCUT2D eigenvalue weighted by Gasteiger charge is 2.19. The van der Waals surface area contributed by atoms with Gasteiger partial charge >= 0.3 is 0 Å². The van der Waals surface area contributed by atoms with Gasteiger partial charge in [-0.3, -0.25) is 0 Å². The number of aryl methyl sites for hydroxylation is 1. The molecule has 0 saturated heterocycles. The molecule has 2 aromatic rings. The van der Waals surface area contributed by atoms with Crippen molar-refractivity contribution in [3.63, 3.8) is 0 Å². The molecule has 0 radical (unpaired) electrons. The molecule has 1 N–H and O–H groups in total. The lowest BCUT2D eigenvalue weighted by atomic mass is 9.97. The molecule has 1 unspecified atom stereocenters. The number of halogens is 1. The van der Waals surface area contributed by atoms with Gasteiger partial charge in [0.2, 0.25) is 5.88 Å². The van der Waals surface area contributed by atoms with E-state index in [4.69, 9.17) is 4.74 Å². The second kappa shape index (κ2) is 7.18.